The van der Waals surface area contributed by atoms with E-state index in [9.17, 15) is 18.0 Å². The first-order valence-electron chi connectivity index (χ1n) is 9.84. The van der Waals surface area contributed by atoms with Gasteiger partial charge in [0, 0.05) is 24.7 Å². The van der Waals surface area contributed by atoms with Crippen molar-refractivity contribution in [3.8, 4) is 12.3 Å². The second-order valence-corrected chi connectivity index (χ2v) is 9.85. The van der Waals surface area contributed by atoms with E-state index >= 15 is 0 Å². The summed E-state index contributed by atoms with van der Waals surface area (Å²) < 4.78 is 32.1. The molecule has 1 aliphatic rings. The monoisotopic (exact) mass is 435 g/mol. The maximum absolute atomic E-state index is 13.1. The molecule has 0 aliphatic carbocycles. The molecular weight excluding hydrogens is 406 g/mol. The number of likely N-dealkylation sites (tertiary alicyclic amines) is 1. The Morgan fingerprint density at radius 3 is 2.70 bits per heavy atom. The number of alkyl carbamates (subject to hydrolysis) is 1. The number of piperidine rings is 1. The first kappa shape index (κ1) is 23.7. The number of ether oxygens (including phenoxy) is 1. The first-order chi connectivity index (χ1) is 14.0. The SMILES string of the molecule is C#CCNS(=O)(=O)c1cccc(C(=O)N2CCCCC2CNC(=O)OC(C)(C)C)c1. The number of nitrogens with one attached hydrogen (secondary N) is 2. The molecule has 1 aromatic carbocycles. The van der Waals surface area contributed by atoms with Crippen molar-refractivity contribution in [1.82, 2.24) is 14.9 Å². The Labute approximate surface area is 178 Å². The fourth-order valence-corrected chi connectivity index (χ4v) is 4.16. The third-order valence-corrected chi connectivity index (χ3v) is 5.92. The minimum Gasteiger partial charge on any atom is -0.444 e. The standard InChI is InChI=1S/C21H29N3O5S/c1-5-12-23-30(27,28)18-11-8-9-16(14-18)19(25)24-13-7-6-10-17(24)15-22-20(26)29-21(2,3)4/h1,8-9,11,14,17,23H,6-7,10,12-13,15H2,2-4H3,(H,22,26). The minimum absolute atomic E-state index is 0.0240. The van der Waals surface area contributed by atoms with Crippen LogP contribution >= 0.6 is 0 Å². The lowest BCUT2D eigenvalue weighted by molar-refractivity contribution is 0.0462. The third kappa shape index (κ3) is 6.75. The van der Waals surface area contributed by atoms with Gasteiger partial charge < -0.3 is 15.0 Å². The molecule has 0 aromatic heterocycles. The van der Waals surface area contributed by atoms with Crippen molar-refractivity contribution >= 4 is 22.0 Å². The van der Waals surface area contributed by atoms with Crippen molar-refractivity contribution in [2.45, 2.75) is 56.6 Å². The second-order valence-electron chi connectivity index (χ2n) is 8.09. The molecule has 1 saturated heterocycles. The van der Waals surface area contributed by atoms with Gasteiger partial charge in [-0.2, -0.15) is 4.72 Å². The van der Waals surface area contributed by atoms with E-state index in [2.05, 4.69) is 16.0 Å². The fraction of sp³-hybridized carbons (Fsp3) is 0.524. The summed E-state index contributed by atoms with van der Waals surface area (Å²) >= 11 is 0. The van der Waals surface area contributed by atoms with Gasteiger partial charge in [-0.25, -0.2) is 13.2 Å². The molecule has 0 bridgehead atoms. The number of sulfonamides is 1. The molecule has 1 aromatic rings. The summed E-state index contributed by atoms with van der Waals surface area (Å²) in [5.74, 6) is 1.94. The Morgan fingerprint density at radius 1 is 1.30 bits per heavy atom. The number of terminal acetylenes is 1. The molecule has 2 N–H and O–H groups in total. The highest BCUT2D eigenvalue weighted by Crippen LogP contribution is 2.21. The van der Waals surface area contributed by atoms with Gasteiger partial charge in [0.25, 0.3) is 5.91 Å². The highest BCUT2D eigenvalue weighted by molar-refractivity contribution is 7.89. The maximum atomic E-state index is 13.1. The molecule has 8 nitrogen and oxygen atoms in total. The second kappa shape index (κ2) is 9.96. The van der Waals surface area contributed by atoms with Crippen LogP contribution in [0.15, 0.2) is 29.2 Å². The molecule has 1 heterocycles. The summed E-state index contributed by atoms with van der Waals surface area (Å²) in [7, 11) is -3.80. The van der Waals surface area contributed by atoms with E-state index in [4.69, 9.17) is 11.2 Å². The number of rotatable bonds is 6. The smallest absolute Gasteiger partial charge is 0.407 e. The Bertz CT molecular complexity index is 915. The molecule has 164 valence electrons. The zero-order chi connectivity index (χ0) is 22.4. The average Bonchev–Trinajstić information content (AvgIpc) is 2.69. The lowest BCUT2D eigenvalue weighted by atomic mass is 10.0. The van der Waals surface area contributed by atoms with Crippen molar-refractivity contribution in [2.75, 3.05) is 19.6 Å². The summed E-state index contributed by atoms with van der Waals surface area (Å²) in [6, 6.07) is 5.66. The summed E-state index contributed by atoms with van der Waals surface area (Å²) in [6.07, 6.45) is 7.10. The predicted molar refractivity (Wildman–Crippen MR) is 113 cm³/mol. The van der Waals surface area contributed by atoms with Crippen LogP contribution in [0.4, 0.5) is 4.79 Å². The summed E-state index contributed by atoms with van der Waals surface area (Å²) in [5, 5.41) is 2.72. The molecule has 30 heavy (non-hydrogen) atoms. The number of carbonyl (C=O) groups is 2. The van der Waals surface area contributed by atoms with Gasteiger partial charge in [0.15, 0.2) is 0 Å². The lowest BCUT2D eigenvalue weighted by Crippen LogP contribution is -2.50. The topological polar surface area (TPSA) is 105 Å². The van der Waals surface area contributed by atoms with Crippen LogP contribution in [0.2, 0.25) is 0 Å². The van der Waals surface area contributed by atoms with Crippen molar-refractivity contribution in [3.63, 3.8) is 0 Å². The van der Waals surface area contributed by atoms with Gasteiger partial charge in [-0.3, -0.25) is 4.79 Å². The van der Waals surface area contributed by atoms with Crippen molar-refractivity contribution in [1.29, 1.82) is 0 Å². The quantitative estimate of drug-likeness (QED) is 0.666. The van der Waals surface area contributed by atoms with E-state index < -0.39 is 21.7 Å². The molecule has 0 spiro atoms. The first-order valence-corrected chi connectivity index (χ1v) is 11.3. The van der Waals surface area contributed by atoms with Gasteiger partial charge in [0.1, 0.15) is 5.60 Å². The van der Waals surface area contributed by atoms with Crippen LogP contribution in [-0.2, 0) is 14.8 Å². The Balaban J connectivity index is 2.13. The van der Waals surface area contributed by atoms with Crippen molar-refractivity contribution < 1.29 is 22.7 Å². The number of carbonyl (C=O) groups excluding carboxylic acids is 2. The van der Waals surface area contributed by atoms with Crippen LogP contribution in [-0.4, -0.2) is 56.6 Å². The molecule has 1 atom stereocenters. The van der Waals surface area contributed by atoms with Gasteiger partial charge in [-0.1, -0.05) is 12.0 Å². The number of hydrogen-bond acceptors (Lipinski definition) is 5. The highest BCUT2D eigenvalue weighted by Gasteiger charge is 2.29. The number of nitrogens with zero attached hydrogens (tertiary/aromatic N) is 1. The highest BCUT2D eigenvalue weighted by atomic mass is 32.2. The Kier molecular flexibility index (Phi) is 7.87. The largest absolute Gasteiger partial charge is 0.444 e. The fourth-order valence-electron chi connectivity index (χ4n) is 3.18. The normalized spacial score (nSPS) is 17.1. The number of benzene rings is 1. The Hall–Kier alpha value is -2.57. The number of hydrogen-bond donors (Lipinski definition) is 2. The molecule has 0 saturated carbocycles. The lowest BCUT2D eigenvalue weighted by Gasteiger charge is -2.36. The minimum atomic E-state index is -3.80. The van der Waals surface area contributed by atoms with Gasteiger partial charge in [0.2, 0.25) is 10.0 Å². The molecule has 0 radical (unpaired) electrons. The van der Waals surface area contributed by atoms with Crippen molar-refractivity contribution in [2.24, 2.45) is 0 Å². The maximum Gasteiger partial charge on any atom is 0.407 e. The predicted octanol–water partition coefficient (Wildman–Crippen LogP) is 2.12. The molecule has 1 fully saturated rings. The van der Waals surface area contributed by atoms with Crippen molar-refractivity contribution in [3.05, 3.63) is 29.8 Å². The molecule has 2 rings (SSSR count). The summed E-state index contributed by atoms with van der Waals surface area (Å²) in [5.41, 5.74) is -0.339. The summed E-state index contributed by atoms with van der Waals surface area (Å²) in [6.45, 7) is 6.01. The summed E-state index contributed by atoms with van der Waals surface area (Å²) in [4.78, 5) is 26.7. The van der Waals surface area contributed by atoms with Crippen LogP contribution in [0.1, 0.15) is 50.4 Å². The van der Waals surface area contributed by atoms with Crippen LogP contribution in [0.25, 0.3) is 0 Å². The van der Waals surface area contributed by atoms with E-state index in [-0.39, 0.29) is 35.5 Å². The van der Waals surface area contributed by atoms with E-state index in [1.807, 2.05) is 0 Å². The van der Waals surface area contributed by atoms with E-state index in [1.54, 1.807) is 31.7 Å². The van der Waals surface area contributed by atoms with Crippen LogP contribution < -0.4 is 10.0 Å². The zero-order valence-electron chi connectivity index (χ0n) is 17.6. The molecule has 2 amide bonds. The third-order valence-electron chi connectivity index (χ3n) is 4.52. The molecule has 1 aliphatic heterocycles. The molecule has 9 heteroatoms. The van der Waals surface area contributed by atoms with Crippen LogP contribution in [0.5, 0.6) is 0 Å². The van der Waals surface area contributed by atoms with Gasteiger partial charge >= 0.3 is 6.09 Å². The zero-order valence-corrected chi connectivity index (χ0v) is 18.4. The van der Waals surface area contributed by atoms with Gasteiger partial charge in [-0.15, -0.1) is 6.42 Å². The molecular formula is C21H29N3O5S. The van der Waals surface area contributed by atoms with Crippen LogP contribution in [0.3, 0.4) is 0 Å². The van der Waals surface area contributed by atoms with Gasteiger partial charge in [-0.05, 0) is 58.2 Å². The van der Waals surface area contributed by atoms with E-state index in [0.29, 0.717) is 6.54 Å². The number of amides is 2. The van der Waals surface area contributed by atoms with E-state index in [0.717, 1.165) is 19.3 Å². The van der Waals surface area contributed by atoms with E-state index in [1.165, 1.54) is 18.2 Å². The average molecular weight is 436 g/mol. The molecule has 1 unspecified atom stereocenters. The van der Waals surface area contributed by atoms with Crippen LogP contribution in [0, 0.1) is 12.3 Å². The van der Waals surface area contributed by atoms with Gasteiger partial charge in [0.05, 0.1) is 11.4 Å². The Morgan fingerprint density at radius 2 is 2.03 bits per heavy atom.